The van der Waals surface area contributed by atoms with Crippen molar-refractivity contribution in [2.24, 2.45) is 0 Å². The normalized spacial score (nSPS) is 21.3. The lowest BCUT2D eigenvalue weighted by Crippen LogP contribution is -2.40. The number of carbonyl (C=O) groups excluding carboxylic acids is 1. The summed E-state index contributed by atoms with van der Waals surface area (Å²) in [5.74, 6) is 1.34. The van der Waals surface area contributed by atoms with Crippen LogP contribution in [0.3, 0.4) is 0 Å². The van der Waals surface area contributed by atoms with Gasteiger partial charge in [0.25, 0.3) is 0 Å². The first-order chi connectivity index (χ1) is 7.29. The van der Waals surface area contributed by atoms with E-state index >= 15 is 0 Å². The van der Waals surface area contributed by atoms with Crippen molar-refractivity contribution in [1.82, 2.24) is 4.90 Å². The molecule has 15 heavy (non-hydrogen) atoms. The Balaban J connectivity index is 2.45. The van der Waals surface area contributed by atoms with E-state index in [1.807, 2.05) is 4.90 Å². The maximum atomic E-state index is 12.1. The Morgan fingerprint density at radius 2 is 2.27 bits per heavy atom. The van der Waals surface area contributed by atoms with Gasteiger partial charge in [-0.25, -0.2) is 0 Å². The Bertz CT molecular complexity index is 187. The zero-order valence-corrected chi connectivity index (χ0v) is 10.3. The van der Waals surface area contributed by atoms with E-state index in [1.54, 1.807) is 11.8 Å². The van der Waals surface area contributed by atoms with Gasteiger partial charge < -0.3 is 10.0 Å². The summed E-state index contributed by atoms with van der Waals surface area (Å²) >= 11 is 1.78. The highest BCUT2D eigenvalue weighted by atomic mass is 32.2. The molecule has 1 saturated heterocycles. The highest BCUT2D eigenvalue weighted by Gasteiger charge is 2.25. The highest BCUT2D eigenvalue weighted by molar-refractivity contribution is 8.00. The summed E-state index contributed by atoms with van der Waals surface area (Å²) in [5.41, 5.74) is 0. The first-order valence-corrected chi connectivity index (χ1v) is 6.85. The molecule has 88 valence electrons. The van der Waals surface area contributed by atoms with Crippen LogP contribution in [0.4, 0.5) is 0 Å². The van der Waals surface area contributed by atoms with Crippen molar-refractivity contribution in [2.75, 3.05) is 25.4 Å². The van der Waals surface area contributed by atoms with E-state index in [0.29, 0.717) is 6.54 Å². The second-order valence-corrected chi connectivity index (χ2v) is 5.21. The molecule has 0 aromatic rings. The smallest absolute Gasteiger partial charge is 0.235 e. The molecule has 1 aliphatic rings. The van der Waals surface area contributed by atoms with Gasteiger partial charge in [-0.1, -0.05) is 13.3 Å². The summed E-state index contributed by atoms with van der Waals surface area (Å²) in [5, 5.41) is 9.06. The molecule has 0 spiro atoms. The predicted molar refractivity (Wildman–Crippen MR) is 64.1 cm³/mol. The second-order valence-electron chi connectivity index (χ2n) is 3.90. The predicted octanol–water partition coefficient (Wildman–Crippen LogP) is 1.50. The molecular weight excluding hydrogens is 210 g/mol. The molecule has 1 aliphatic heterocycles. The van der Waals surface area contributed by atoms with Gasteiger partial charge in [-0.15, -0.1) is 11.8 Å². The lowest BCUT2D eigenvalue weighted by atomic mass is 10.1. The second kappa shape index (κ2) is 7.12. The molecule has 1 heterocycles. The van der Waals surface area contributed by atoms with Crippen molar-refractivity contribution < 1.29 is 9.90 Å². The van der Waals surface area contributed by atoms with Crippen LogP contribution < -0.4 is 0 Å². The molecule has 0 aliphatic carbocycles. The van der Waals surface area contributed by atoms with Crippen LogP contribution in [-0.2, 0) is 4.79 Å². The van der Waals surface area contributed by atoms with Gasteiger partial charge in [0.1, 0.15) is 0 Å². The van der Waals surface area contributed by atoms with E-state index in [2.05, 4.69) is 6.92 Å². The average Bonchev–Trinajstić information content (AvgIpc) is 2.29. The van der Waals surface area contributed by atoms with Gasteiger partial charge in [0, 0.05) is 13.1 Å². The minimum absolute atomic E-state index is 0.0725. The minimum atomic E-state index is 0.0725. The summed E-state index contributed by atoms with van der Waals surface area (Å²) in [6.45, 7) is 3.40. The lowest BCUT2D eigenvalue weighted by molar-refractivity contribution is -0.131. The molecule has 3 nitrogen and oxygen atoms in total. The van der Waals surface area contributed by atoms with E-state index in [-0.39, 0.29) is 17.8 Å². The Hall–Kier alpha value is -0.220. The molecule has 1 atom stereocenters. The zero-order chi connectivity index (χ0) is 11.1. The van der Waals surface area contributed by atoms with Crippen LogP contribution in [0.2, 0.25) is 0 Å². The van der Waals surface area contributed by atoms with E-state index in [9.17, 15) is 4.79 Å². The monoisotopic (exact) mass is 231 g/mol. The third kappa shape index (κ3) is 4.03. The molecule has 0 saturated carbocycles. The van der Waals surface area contributed by atoms with Crippen LogP contribution in [0.5, 0.6) is 0 Å². The topological polar surface area (TPSA) is 40.5 Å². The maximum Gasteiger partial charge on any atom is 0.235 e. The van der Waals surface area contributed by atoms with Crippen LogP contribution in [0, 0.1) is 0 Å². The van der Waals surface area contributed by atoms with Crippen molar-refractivity contribution in [3.63, 3.8) is 0 Å². The Morgan fingerprint density at radius 3 is 2.80 bits per heavy atom. The van der Waals surface area contributed by atoms with Crippen molar-refractivity contribution in [3.05, 3.63) is 0 Å². The van der Waals surface area contributed by atoms with Crippen LogP contribution in [-0.4, -0.2) is 46.6 Å². The van der Waals surface area contributed by atoms with Crippen molar-refractivity contribution in [1.29, 1.82) is 0 Å². The first-order valence-electron chi connectivity index (χ1n) is 5.80. The first kappa shape index (κ1) is 12.8. The number of thioether (sulfide) groups is 1. The largest absolute Gasteiger partial charge is 0.395 e. The molecule has 1 amide bonds. The van der Waals surface area contributed by atoms with Gasteiger partial charge in [0.2, 0.25) is 5.91 Å². The fraction of sp³-hybridized carbons (Fsp3) is 0.909. The SMILES string of the molecule is CCCN(CCO)C(=O)C1CCCCS1. The summed E-state index contributed by atoms with van der Waals surface area (Å²) in [6, 6.07) is 0. The van der Waals surface area contributed by atoms with Crippen LogP contribution in [0.25, 0.3) is 0 Å². The molecule has 0 aromatic carbocycles. The third-order valence-electron chi connectivity index (χ3n) is 2.63. The van der Waals surface area contributed by atoms with Gasteiger partial charge in [-0.05, 0) is 25.0 Å². The standard InChI is InChI=1S/C11H21NO2S/c1-2-6-12(7-8-13)11(14)10-5-3-4-9-15-10/h10,13H,2-9H2,1H3. The Labute approximate surface area is 96.2 Å². The molecule has 1 fully saturated rings. The van der Waals surface area contributed by atoms with Crippen molar-refractivity contribution in [3.8, 4) is 0 Å². The molecule has 1 N–H and O–H groups in total. The highest BCUT2D eigenvalue weighted by Crippen LogP contribution is 2.26. The molecule has 1 unspecified atom stereocenters. The minimum Gasteiger partial charge on any atom is -0.395 e. The lowest BCUT2D eigenvalue weighted by Gasteiger charge is -2.28. The zero-order valence-electron chi connectivity index (χ0n) is 9.45. The molecule has 0 bridgehead atoms. The fourth-order valence-corrected chi connectivity index (χ4v) is 3.14. The molecule has 0 aromatic heterocycles. The average molecular weight is 231 g/mol. The van der Waals surface area contributed by atoms with E-state index in [1.165, 1.54) is 12.8 Å². The number of nitrogens with zero attached hydrogens (tertiary/aromatic N) is 1. The number of carbonyl (C=O) groups is 1. The van der Waals surface area contributed by atoms with E-state index < -0.39 is 0 Å². The van der Waals surface area contributed by atoms with Crippen molar-refractivity contribution >= 4 is 17.7 Å². The van der Waals surface area contributed by atoms with Gasteiger partial charge in [0.15, 0.2) is 0 Å². The number of hydrogen-bond donors (Lipinski definition) is 1. The van der Waals surface area contributed by atoms with Crippen molar-refractivity contribution in [2.45, 2.75) is 37.9 Å². The van der Waals surface area contributed by atoms with Crippen LogP contribution in [0.15, 0.2) is 0 Å². The van der Waals surface area contributed by atoms with E-state index in [0.717, 1.165) is 25.1 Å². The van der Waals surface area contributed by atoms with Gasteiger partial charge in [0.05, 0.1) is 11.9 Å². The number of aliphatic hydroxyl groups excluding tert-OH is 1. The maximum absolute atomic E-state index is 12.1. The van der Waals surface area contributed by atoms with Crippen LogP contribution >= 0.6 is 11.8 Å². The number of amides is 1. The van der Waals surface area contributed by atoms with Gasteiger partial charge in [-0.2, -0.15) is 0 Å². The molecule has 4 heteroatoms. The van der Waals surface area contributed by atoms with Crippen LogP contribution in [0.1, 0.15) is 32.6 Å². The molecule has 0 radical (unpaired) electrons. The summed E-state index contributed by atoms with van der Waals surface area (Å²) in [4.78, 5) is 13.9. The number of aliphatic hydroxyl groups is 1. The van der Waals surface area contributed by atoms with E-state index in [4.69, 9.17) is 5.11 Å². The quantitative estimate of drug-likeness (QED) is 0.779. The summed E-state index contributed by atoms with van der Waals surface area (Å²) < 4.78 is 0. The third-order valence-corrected chi connectivity index (χ3v) is 3.99. The summed E-state index contributed by atoms with van der Waals surface area (Å²) in [6.07, 6.45) is 4.38. The Morgan fingerprint density at radius 1 is 1.47 bits per heavy atom. The Kier molecular flexibility index (Phi) is 6.10. The fourth-order valence-electron chi connectivity index (χ4n) is 1.86. The molecule has 1 rings (SSSR count). The number of rotatable bonds is 5. The molecular formula is C11H21NO2S. The van der Waals surface area contributed by atoms with Gasteiger partial charge in [-0.3, -0.25) is 4.79 Å². The summed E-state index contributed by atoms with van der Waals surface area (Å²) in [7, 11) is 0. The number of hydrogen-bond acceptors (Lipinski definition) is 3. The van der Waals surface area contributed by atoms with Gasteiger partial charge >= 0.3 is 0 Å².